The molecule has 0 amide bonds. The first-order chi connectivity index (χ1) is 10.1. The molecule has 1 N–H and O–H groups in total. The van der Waals surface area contributed by atoms with E-state index in [2.05, 4.69) is 17.1 Å². The van der Waals surface area contributed by atoms with E-state index < -0.39 is 0 Å². The SMILES string of the molecule is CCOC(=O)C1CNCCN1C(C)Cc1cccc(F)c1. The highest BCUT2D eigenvalue weighted by Crippen LogP contribution is 2.15. The van der Waals surface area contributed by atoms with Crippen LogP contribution >= 0.6 is 0 Å². The number of carbonyl (C=O) groups is 1. The van der Waals surface area contributed by atoms with Gasteiger partial charge in [-0.3, -0.25) is 9.69 Å². The largest absolute Gasteiger partial charge is 0.465 e. The number of piperazine rings is 1. The van der Waals surface area contributed by atoms with Crippen LogP contribution in [0.4, 0.5) is 4.39 Å². The smallest absolute Gasteiger partial charge is 0.324 e. The van der Waals surface area contributed by atoms with Crippen molar-refractivity contribution < 1.29 is 13.9 Å². The summed E-state index contributed by atoms with van der Waals surface area (Å²) in [4.78, 5) is 14.2. The Hall–Kier alpha value is -1.46. The van der Waals surface area contributed by atoms with E-state index in [1.54, 1.807) is 12.1 Å². The van der Waals surface area contributed by atoms with E-state index >= 15 is 0 Å². The average Bonchev–Trinajstić information content (AvgIpc) is 2.47. The highest BCUT2D eigenvalue weighted by Gasteiger charge is 2.32. The van der Waals surface area contributed by atoms with Crippen LogP contribution < -0.4 is 5.32 Å². The number of hydrogen-bond donors (Lipinski definition) is 1. The second-order valence-corrected chi connectivity index (χ2v) is 5.39. The van der Waals surface area contributed by atoms with Gasteiger partial charge in [0.05, 0.1) is 6.61 Å². The van der Waals surface area contributed by atoms with E-state index in [-0.39, 0.29) is 23.9 Å². The summed E-state index contributed by atoms with van der Waals surface area (Å²) in [6.45, 7) is 6.52. The fraction of sp³-hybridized carbons (Fsp3) is 0.562. The topological polar surface area (TPSA) is 41.6 Å². The molecule has 4 nitrogen and oxygen atoms in total. The number of hydrogen-bond acceptors (Lipinski definition) is 4. The first-order valence-corrected chi connectivity index (χ1v) is 7.49. The fourth-order valence-corrected chi connectivity index (χ4v) is 2.83. The highest BCUT2D eigenvalue weighted by atomic mass is 19.1. The molecule has 1 aromatic carbocycles. The van der Waals surface area contributed by atoms with Crippen LogP contribution in [0.2, 0.25) is 0 Å². The summed E-state index contributed by atoms with van der Waals surface area (Å²) in [6.07, 6.45) is 0.716. The Kier molecular flexibility index (Phi) is 5.70. The van der Waals surface area contributed by atoms with Crippen molar-refractivity contribution >= 4 is 5.97 Å². The van der Waals surface area contributed by atoms with Gasteiger partial charge in [0.25, 0.3) is 0 Å². The number of rotatable bonds is 5. The quantitative estimate of drug-likeness (QED) is 0.838. The van der Waals surface area contributed by atoms with Crippen LogP contribution in [0.1, 0.15) is 19.4 Å². The van der Waals surface area contributed by atoms with Crippen LogP contribution in [0.15, 0.2) is 24.3 Å². The van der Waals surface area contributed by atoms with Gasteiger partial charge in [-0.15, -0.1) is 0 Å². The Balaban J connectivity index is 2.04. The van der Waals surface area contributed by atoms with Gasteiger partial charge in [-0.25, -0.2) is 4.39 Å². The van der Waals surface area contributed by atoms with Crippen molar-refractivity contribution in [3.8, 4) is 0 Å². The molecule has 116 valence electrons. The van der Waals surface area contributed by atoms with Gasteiger partial charge in [0.1, 0.15) is 11.9 Å². The molecular formula is C16H23FN2O2. The molecular weight excluding hydrogens is 271 g/mol. The molecule has 1 saturated heterocycles. The molecule has 2 atom stereocenters. The van der Waals surface area contributed by atoms with E-state index in [0.717, 1.165) is 18.7 Å². The molecule has 1 aromatic rings. The van der Waals surface area contributed by atoms with Crippen LogP contribution in [0.5, 0.6) is 0 Å². The zero-order chi connectivity index (χ0) is 15.2. The molecule has 1 fully saturated rings. The highest BCUT2D eigenvalue weighted by molar-refractivity contribution is 5.76. The predicted octanol–water partition coefficient (Wildman–Crippen LogP) is 1.59. The molecule has 0 aliphatic carbocycles. The third-order valence-electron chi connectivity index (χ3n) is 3.83. The van der Waals surface area contributed by atoms with Crippen molar-refractivity contribution in [3.05, 3.63) is 35.6 Å². The molecule has 0 spiro atoms. The molecule has 1 aliphatic heterocycles. The molecule has 21 heavy (non-hydrogen) atoms. The molecule has 5 heteroatoms. The number of ether oxygens (including phenoxy) is 1. The van der Waals surface area contributed by atoms with Gasteiger partial charge in [0.2, 0.25) is 0 Å². The van der Waals surface area contributed by atoms with Crippen molar-refractivity contribution in [2.75, 3.05) is 26.2 Å². The van der Waals surface area contributed by atoms with E-state index in [0.29, 0.717) is 19.6 Å². The number of nitrogens with zero attached hydrogens (tertiary/aromatic N) is 1. The van der Waals surface area contributed by atoms with Gasteiger partial charge < -0.3 is 10.1 Å². The van der Waals surface area contributed by atoms with Crippen LogP contribution in [0.25, 0.3) is 0 Å². The summed E-state index contributed by atoms with van der Waals surface area (Å²) in [6, 6.07) is 6.53. The van der Waals surface area contributed by atoms with E-state index in [9.17, 15) is 9.18 Å². The number of benzene rings is 1. The Morgan fingerprint density at radius 2 is 2.38 bits per heavy atom. The van der Waals surface area contributed by atoms with Crippen LogP contribution in [-0.2, 0) is 16.0 Å². The van der Waals surface area contributed by atoms with Gasteiger partial charge in [0, 0.05) is 25.7 Å². The van der Waals surface area contributed by atoms with Crippen molar-refractivity contribution in [2.45, 2.75) is 32.4 Å². The second-order valence-electron chi connectivity index (χ2n) is 5.39. The molecule has 2 rings (SSSR count). The van der Waals surface area contributed by atoms with Crippen LogP contribution in [0.3, 0.4) is 0 Å². The predicted molar refractivity (Wildman–Crippen MR) is 79.6 cm³/mol. The summed E-state index contributed by atoms with van der Waals surface area (Å²) < 4.78 is 18.4. The van der Waals surface area contributed by atoms with Crippen molar-refractivity contribution in [1.82, 2.24) is 10.2 Å². The van der Waals surface area contributed by atoms with Gasteiger partial charge in [-0.2, -0.15) is 0 Å². The zero-order valence-electron chi connectivity index (χ0n) is 12.6. The Morgan fingerprint density at radius 3 is 3.10 bits per heavy atom. The maximum absolute atomic E-state index is 13.3. The lowest BCUT2D eigenvalue weighted by Crippen LogP contribution is -2.58. The number of esters is 1. The molecule has 2 unspecified atom stereocenters. The Morgan fingerprint density at radius 1 is 1.57 bits per heavy atom. The first-order valence-electron chi connectivity index (χ1n) is 7.49. The van der Waals surface area contributed by atoms with E-state index in [1.165, 1.54) is 6.07 Å². The molecule has 0 saturated carbocycles. The number of carbonyl (C=O) groups excluding carboxylic acids is 1. The summed E-state index contributed by atoms with van der Waals surface area (Å²) in [5.74, 6) is -0.405. The Bertz CT molecular complexity index is 481. The lowest BCUT2D eigenvalue weighted by Gasteiger charge is -2.38. The van der Waals surface area contributed by atoms with Gasteiger partial charge in [0.15, 0.2) is 0 Å². The molecule has 1 aliphatic rings. The van der Waals surface area contributed by atoms with Crippen molar-refractivity contribution in [3.63, 3.8) is 0 Å². The van der Waals surface area contributed by atoms with E-state index in [1.807, 2.05) is 13.0 Å². The maximum atomic E-state index is 13.3. The fourth-order valence-electron chi connectivity index (χ4n) is 2.83. The van der Waals surface area contributed by atoms with E-state index in [4.69, 9.17) is 4.74 Å². The normalized spacial score (nSPS) is 21.0. The molecule has 0 aromatic heterocycles. The molecule has 0 radical (unpaired) electrons. The monoisotopic (exact) mass is 294 g/mol. The zero-order valence-corrected chi connectivity index (χ0v) is 12.6. The Labute approximate surface area is 125 Å². The standard InChI is InChI=1S/C16H23FN2O2/c1-3-21-16(20)15-11-18-7-8-19(15)12(2)9-13-5-4-6-14(17)10-13/h4-6,10,12,15,18H,3,7-9,11H2,1-2H3. The van der Waals surface area contributed by atoms with Crippen LogP contribution in [-0.4, -0.2) is 49.2 Å². The third-order valence-corrected chi connectivity index (χ3v) is 3.83. The summed E-state index contributed by atoms with van der Waals surface area (Å²) in [5.41, 5.74) is 0.948. The van der Waals surface area contributed by atoms with Gasteiger partial charge in [-0.05, 0) is 38.0 Å². The van der Waals surface area contributed by atoms with Gasteiger partial charge >= 0.3 is 5.97 Å². The summed E-state index contributed by atoms with van der Waals surface area (Å²) in [5, 5.41) is 3.23. The minimum atomic E-state index is -0.262. The second kappa shape index (κ2) is 7.52. The summed E-state index contributed by atoms with van der Waals surface area (Å²) in [7, 11) is 0. The number of nitrogens with one attached hydrogen (secondary N) is 1. The maximum Gasteiger partial charge on any atom is 0.324 e. The first kappa shape index (κ1) is 15.9. The minimum absolute atomic E-state index is 0.156. The molecule has 1 heterocycles. The lowest BCUT2D eigenvalue weighted by atomic mass is 10.0. The number of halogens is 1. The minimum Gasteiger partial charge on any atom is -0.465 e. The van der Waals surface area contributed by atoms with Gasteiger partial charge in [-0.1, -0.05) is 12.1 Å². The third kappa shape index (κ3) is 4.25. The summed E-state index contributed by atoms with van der Waals surface area (Å²) >= 11 is 0. The van der Waals surface area contributed by atoms with Crippen LogP contribution in [0, 0.1) is 5.82 Å². The lowest BCUT2D eigenvalue weighted by molar-refractivity contribution is -0.151. The van der Waals surface area contributed by atoms with Crippen molar-refractivity contribution in [1.29, 1.82) is 0 Å². The molecule has 0 bridgehead atoms. The van der Waals surface area contributed by atoms with Crippen molar-refractivity contribution in [2.24, 2.45) is 0 Å². The average molecular weight is 294 g/mol.